The molecule has 0 unspecified atom stereocenters. The Bertz CT molecular complexity index is 791. The maximum atomic E-state index is 12.8. The largest absolute Gasteiger partial charge is 0.480 e. The SMILES string of the molecule is O=C(O)[C@@H]1CC2(CN1C(=O)CN1Cc3ccc(Br)cc3C1=O)OCCO2. The second kappa shape index (κ2) is 6.33. The number of ether oxygens (including phenoxy) is 2. The van der Waals surface area contributed by atoms with E-state index in [-0.39, 0.29) is 25.4 Å². The third-order valence-corrected chi connectivity index (χ3v) is 5.48. The van der Waals surface area contributed by atoms with Gasteiger partial charge < -0.3 is 24.4 Å². The highest BCUT2D eigenvalue weighted by Crippen LogP contribution is 2.35. The van der Waals surface area contributed by atoms with E-state index in [0.717, 1.165) is 10.0 Å². The van der Waals surface area contributed by atoms with Crippen LogP contribution in [-0.2, 0) is 25.6 Å². The van der Waals surface area contributed by atoms with Gasteiger partial charge in [-0.3, -0.25) is 9.59 Å². The van der Waals surface area contributed by atoms with Gasteiger partial charge in [-0.05, 0) is 17.7 Å². The lowest BCUT2D eigenvalue weighted by Crippen LogP contribution is -2.46. The highest BCUT2D eigenvalue weighted by molar-refractivity contribution is 9.10. The van der Waals surface area contributed by atoms with Crippen LogP contribution in [0.5, 0.6) is 0 Å². The summed E-state index contributed by atoms with van der Waals surface area (Å²) in [6, 6.07) is 4.40. The lowest BCUT2D eigenvalue weighted by molar-refractivity contribution is -0.152. The van der Waals surface area contributed by atoms with Crippen LogP contribution in [0, 0.1) is 0 Å². The van der Waals surface area contributed by atoms with Crippen molar-refractivity contribution in [3.8, 4) is 0 Å². The van der Waals surface area contributed by atoms with Gasteiger partial charge in [0, 0.05) is 23.0 Å². The maximum absolute atomic E-state index is 12.8. The van der Waals surface area contributed by atoms with Gasteiger partial charge in [0.25, 0.3) is 5.91 Å². The van der Waals surface area contributed by atoms with Crippen molar-refractivity contribution >= 4 is 33.7 Å². The smallest absolute Gasteiger partial charge is 0.326 e. The lowest BCUT2D eigenvalue weighted by atomic mass is 10.1. The summed E-state index contributed by atoms with van der Waals surface area (Å²) < 4.78 is 11.9. The van der Waals surface area contributed by atoms with Crippen molar-refractivity contribution in [2.45, 2.75) is 24.8 Å². The van der Waals surface area contributed by atoms with Gasteiger partial charge in [-0.1, -0.05) is 22.0 Å². The predicted molar refractivity (Wildman–Crippen MR) is 91.3 cm³/mol. The summed E-state index contributed by atoms with van der Waals surface area (Å²) in [6.45, 7) is 0.970. The fourth-order valence-electron chi connectivity index (χ4n) is 3.74. The molecule has 0 bridgehead atoms. The van der Waals surface area contributed by atoms with Crippen LogP contribution in [0.1, 0.15) is 22.3 Å². The molecule has 0 aliphatic carbocycles. The van der Waals surface area contributed by atoms with Gasteiger partial charge in [0.2, 0.25) is 5.91 Å². The van der Waals surface area contributed by atoms with Gasteiger partial charge in [0.05, 0.1) is 19.8 Å². The Morgan fingerprint density at radius 1 is 1.31 bits per heavy atom. The molecule has 2 fully saturated rings. The number of halogens is 1. The van der Waals surface area contributed by atoms with Crippen molar-refractivity contribution in [2.24, 2.45) is 0 Å². The zero-order chi connectivity index (χ0) is 18.5. The average Bonchev–Trinajstić information content (AvgIpc) is 3.29. The van der Waals surface area contributed by atoms with Crippen LogP contribution in [0.15, 0.2) is 22.7 Å². The Labute approximate surface area is 157 Å². The lowest BCUT2D eigenvalue weighted by Gasteiger charge is -2.25. The standard InChI is InChI=1S/C17H17BrN2O6/c18-11-2-1-10-7-19(15(22)12(10)5-11)8-14(21)20-9-17(25-3-4-26-17)6-13(20)16(23)24/h1-2,5,13H,3-4,6-9H2,(H,23,24)/t13-/m0/s1. The van der Waals surface area contributed by atoms with Crippen LogP contribution in [0.2, 0.25) is 0 Å². The van der Waals surface area contributed by atoms with Crippen LogP contribution in [0.25, 0.3) is 0 Å². The van der Waals surface area contributed by atoms with E-state index in [4.69, 9.17) is 9.47 Å². The van der Waals surface area contributed by atoms with E-state index in [1.165, 1.54) is 9.80 Å². The number of fused-ring (bicyclic) bond motifs is 1. The molecule has 1 spiro atoms. The topological polar surface area (TPSA) is 96.4 Å². The summed E-state index contributed by atoms with van der Waals surface area (Å²) in [4.78, 5) is 39.6. The minimum atomic E-state index is -1.10. The molecule has 26 heavy (non-hydrogen) atoms. The second-order valence-corrected chi connectivity index (χ2v) is 7.57. The molecule has 3 aliphatic rings. The average molecular weight is 425 g/mol. The molecule has 9 heteroatoms. The molecule has 8 nitrogen and oxygen atoms in total. The zero-order valence-corrected chi connectivity index (χ0v) is 15.4. The Kier molecular flexibility index (Phi) is 4.25. The van der Waals surface area contributed by atoms with Gasteiger partial charge >= 0.3 is 5.97 Å². The molecule has 0 saturated carbocycles. The van der Waals surface area contributed by atoms with Crippen molar-refractivity contribution in [3.05, 3.63) is 33.8 Å². The summed E-state index contributed by atoms with van der Waals surface area (Å²) in [5.74, 6) is -2.80. The third kappa shape index (κ3) is 2.89. The molecule has 138 valence electrons. The molecule has 3 aliphatic heterocycles. The summed E-state index contributed by atoms with van der Waals surface area (Å²) in [5, 5.41) is 9.47. The summed E-state index contributed by atoms with van der Waals surface area (Å²) in [6.07, 6.45) is 0.0925. The minimum Gasteiger partial charge on any atom is -0.480 e. The minimum absolute atomic E-state index is 0.0589. The molecule has 1 aromatic rings. The number of carbonyl (C=O) groups excluding carboxylic acids is 2. The van der Waals surface area contributed by atoms with Crippen molar-refractivity contribution in [1.82, 2.24) is 9.80 Å². The van der Waals surface area contributed by atoms with Crippen molar-refractivity contribution in [2.75, 3.05) is 26.3 Å². The summed E-state index contributed by atoms with van der Waals surface area (Å²) in [5.41, 5.74) is 1.41. The molecule has 1 aromatic carbocycles. The van der Waals surface area contributed by atoms with Crippen molar-refractivity contribution < 1.29 is 29.0 Å². The number of carboxylic acid groups (broad SMARTS) is 1. The normalized spacial score (nSPS) is 23.7. The van der Waals surface area contributed by atoms with Gasteiger partial charge in [0.15, 0.2) is 5.79 Å². The monoisotopic (exact) mass is 424 g/mol. The molecule has 4 rings (SSSR count). The van der Waals surface area contributed by atoms with Crippen LogP contribution in [0.3, 0.4) is 0 Å². The maximum Gasteiger partial charge on any atom is 0.326 e. The molecule has 1 N–H and O–H groups in total. The summed E-state index contributed by atoms with van der Waals surface area (Å²) in [7, 11) is 0. The summed E-state index contributed by atoms with van der Waals surface area (Å²) >= 11 is 3.34. The number of benzene rings is 1. The van der Waals surface area contributed by atoms with Crippen LogP contribution < -0.4 is 0 Å². The van der Waals surface area contributed by atoms with E-state index >= 15 is 0 Å². The van der Waals surface area contributed by atoms with Gasteiger partial charge in [-0.25, -0.2) is 4.79 Å². The first-order valence-electron chi connectivity index (χ1n) is 8.26. The van der Waals surface area contributed by atoms with E-state index < -0.39 is 23.7 Å². The predicted octanol–water partition coefficient (Wildman–Crippen LogP) is 0.834. The molecular formula is C17H17BrN2O6. The third-order valence-electron chi connectivity index (χ3n) is 4.99. The van der Waals surface area contributed by atoms with E-state index in [2.05, 4.69) is 15.9 Å². The Morgan fingerprint density at radius 3 is 2.73 bits per heavy atom. The highest BCUT2D eigenvalue weighted by Gasteiger charge is 2.53. The Morgan fingerprint density at radius 2 is 2.04 bits per heavy atom. The number of hydrogen-bond donors (Lipinski definition) is 1. The first-order valence-corrected chi connectivity index (χ1v) is 9.06. The molecule has 0 aromatic heterocycles. The molecule has 2 saturated heterocycles. The Balaban J connectivity index is 1.49. The van der Waals surface area contributed by atoms with Crippen LogP contribution >= 0.6 is 15.9 Å². The number of carbonyl (C=O) groups is 3. The number of rotatable bonds is 3. The number of likely N-dealkylation sites (tertiary alicyclic amines) is 1. The quantitative estimate of drug-likeness (QED) is 0.771. The van der Waals surface area contributed by atoms with Gasteiger partial charge in [-0.15, -0.1) is 0 Å². The Hall–Kier alpha value is -1.97. The number of amides is 2. The molecule has 0 radical (unpaired) electrons. The fraction of sp³-hybridized carbons (Fsp3) is 0.471. The van der Waals surface area contributed by atoms with Crippen LogP contribution in [0.4, 0.5) is 0 Å². The first kappa shape index (κ1) is 17.4. The van der Waals surface area contributed by atoms with Gasteiger partial charge in [-0.2, -0.15) is 0 Å². The second-order valence-electron chi connectivity index (χ2n) is 6.65. The van der Waals surface area contributed by atoms with E-state index in [9.17, 15) is 19.5 Å². The van der Waals surface area contributed by atoms with Crippen molar-refractivity contribution in [1.29, 1.82) is 0 Å². The molecule has 1 atom stereocenters. The number of aliphatic carboxylic acids is 1. The zero-order valence-electron chi connectivity index (χ0n) is 13.8. The molecule has 3 heterocycles. The molecular weight excluding hydrogens is 408 g/mol. The van der Waals surface area contributed by atoms with Crippen molar-refractivity contribution in [3.63, 3.8) is 0 Å². The number of nitrogens with zero attached hydrogens (tertiary/aromatic N) is 2. The van der Waals surface area contributed by atoms with E-state index in [1.807, 2.05) is 12.1 Å². The number of carboxylic acids is 1. The fourth-order valence-corrected chi connectivity index (χ4v) is 4.10. The van der Waals surface area contributed by atoms with E-state index in [0.29, 0.717) is 25.3 Å². The van der Waals surface area contributed by atoms with E-state index in [1.54, 1.807) is 6.07 Å². The number of hydrogen-bond acceptors (Lipinski definition) is 5. The van der Waals surface area contributed by atoms with Gasteiger partial charge in [0.1, 0.15) is 12.6 Å². The van der Waals surface area contributed by atoms with Crippen LogP contribution in [-0.4, -0.2) is 70.8 Å². The highest BCUT2D eigenvalue weighted by atomic mass is 79.9. The first-order chi connectivity index (χ1) is 12.4. The molecule has 2 amide bonds.